The first kappa shape index (κ1) is 23.8. The Balaban J connectivity index is 1.64. The number of carbonyl (C=O) groups is 3. The number of rotatable bonds is 9. The third kappa shape index (κ3) is 6.55. The van der Waals surface area contributed by atoms with Crippen LogP contribution in [0.15, 0.2) is 24.3 Å². The van der Waals surface area contributed by atoms with Crippen molar-refractivity contribution in [3.63, 3.8) is 0 Å². The van der Waals surface area contributed by atoms with Crippen LogP contribution >= 0.6 is 0 Å². The first-order valence-corrected chi connectivity index (χ1v) is 11.6. The van der Waals surface area contributed by atoms with E-state index in [1.165, 1.54) is 0 Å². The number of hydrogen-bond acceptors (Lipinski definition) is 4. The van der Waals surface area contributed by atoms with E-state index in [-0.39, 0.29) is 36.7 Å². The van der Waals surface area contributed by atoms with Gasteiger partial charge in [0.05, 0.1) is 24.0 Å². The van der Waals surface area contributed by atoms with Crippen molar-refractivity contribution in [2.75, 3.05) is 6.54 Å². The van der Waals surface area contributed by atoms with Crippen molar-refractivity contribution in [3.8, 4) is 0 Å². The second kappa shape index (κ2) is 11.1. The Morgan fingerprint density at radius 2 is 2.00 bits per heavy atom. The number of amides is 3. The molecule has 0 radical (unpaired) electrons. The Kier molecular flexibility index (Phi) is 8.25. The van der Waals surface area contributed by atoms with Crippen LogP contribution in [-0.2, 0) is 20.9 Å². The molecule has 1 fully saturated rings. The fourth-order valence-corrected chi connectivity index (χ4v) is 4.04. The van der Waals surface area contributed by atoms with E-state index in [2.05, 4.69) is 20.6 Å². The van der Waals surface area contributed by atoms with Crippen molar-refractivity contribution in [3.05, 3.63) is 30.1 Å². The van der Waals surface area contributed by atoms with Crippen LogP contribution in [0.5, 0.6) is 0 Å². The number of fused-ring (bicyclic) bond motifs is 1. The SMILES string of the molecule is CC(C)CCC(=O)NC(CC(=O)N1CCCC[C@@H]1C)C(=O)NCc1nc2ccccc2[nH]1. The summed E-state index contributed by atoms with van der Waals surface area (Å²) in [5.41, 5.74) is 1.72. The summed E-state index contributed by atoms with van der Waals surface area (Å²) in [4.78, 5) is 47.8. The molecule has 0 spiro atoms. The van der Waals surface area contributed by atoms with Crippen molar-refractivity contribution in [1.29, 1.82) is 0 Å². The molecule has 1 aromatic carbocycles. The molecule has 0 aliphatic carbocycles. The molecule has 0 bridgehead atoms. The molecule has 8 heteroatoms. The molecule has 1 aliphatic rings. The number of hydrogen-bond donors (Lipinski definition) is 3. The molecule has 2 aromatic rings. The number of aromatic amines is 1. The molecule has 1 aliphatic heterocycles. The van der Waals surface area contributed by atoms with E-state index in [0.29, 0.717) is 24.7 Å². The van der Waals surface area contributed by atoms with Crippen LogP contribution in [-0.4, -0.2) is 51.2 Å². The van der Waals surface area contributed by atoms with Crippen LogP contribution in [0.2, 0.25) is 0 Å². The number of likely N-dealkylation sites (tertiary alicyclic amines) is 1. The number of para-hydroxylation sites is 2. The number of piperidine rings is 1. The van der Waals surface area contributed by atoms with Crippen molar-refractivity contribution in [2.45, 2.75) is 77.9 Å². The van der Waals surface area contributed by atoms with Gasteiger partial charge in [0.1, 0.15) is 11.9 Å². The van der Waals surface area contributed by atoms with Crippen LogP contribution < -0.4 is 10.6 Å². The first-order valence-electron chi connectivity index (χ1n) is 11.6. The number of H-pyrrole nitrogens is 1. The van der Waals surface area contributed by atoms with Crippen LogP contribution in [0.4, 0.5) is 0 Å². The molecule has 2 heterocycles. The lowest BCUT2D eigenvalue weighted by molar-refractivity contribution is -0.138. The predicted octanol–water partition coefficient (Wildman–Crippen LogP) is 2.89. The Morgan fingerprint density at radius 1 is 1.22 bits per heavy atom. The van der Waals surface area contributed by atoms with E-state index in [0.717, 1.165) is 36.7 Å². The smallest absolute Gasteiger partial charge is 0.243 e. The minimum Gasteiger partial charge on any atom is -0.347 e. The van der Waals surface area contributed by atoms with Gasteiger partial charge in [-0.05, 0) is 50.7 Å². The summed E-state index contributed by atoms with van der Waals surface area (Å²) >= 11 is 0. The highest BCUT2D eigenvalue weighted by Crippen LogP contribution is 2.18. The standard InChI is InChI=1S/C24H35N5O3/c1-16(2)11-12-22(30)28-20(14-23(31)29-13-7-6-8-17(29)3)24(32)25-15-21-26-18-9-4-5-10-19(18)27-21/h4-5,9-10,16-17,20H,6-8,11-15H2,1-3H3,(H,25,32)(H,26,27)(H,28,30)/t17-,20?/m0/s1. The topological polar surface area (TPSA) is 107 Å². The van der Waals surface area contributed by atoms with Gasteiger partial charge in [-0.3, -0.25) is 14.4 Å². The predicted molar refractivity (Wildman–Crippen MR) is 124 cm³/mol. The molecule has 3 rings (SSSR count). The first-order chi connectivity index (χ1) is 15.3. The summed E-state index contributed by atoms with van der Waals surface area (Å²) in [7, 11) is 0. The van der Waals surface area contributed by atoms with E-state index in [9.17, 15) is 14.4 Å². The van der Waals surface area contributed by atoms with Gasteiger partial charge in [0.2, 0.25) is 17.7 Å². The van der Waals surface area contributed by atoms with Gasteiger partial charge in [0.25, 0.3) is 0 Å². The Morgan fingerprint density at radius 3 is 2.72 bits per heavy atom. The monoisotopic (exact) mass is 441 g/mol. The average Bonchev–Trinajstić information content (AvgIpc) is 3.19. The average molecular weight is 442 g/mol. The maximum atomic E-state index is 13.0. The molecular weight excluding hydrogens is 406 g/mol. The van der Waals surface area contributed by atoms with Crippen LogP contribution in [0.3, 0.4) is 0 Å². The third-order valence-corrected chi connectivity index (χ3v) is 5.97. The summed E-state index contributed by atoms with van der Waals surface area (Å²) in [6, 6.07) is 6.89. The second-order valence-corrected chi connectivity index (χ2v) is 9.11. The van der Waals surface area contributed by atoms with Crippen molar-refractivity contribution in [2.24, 2.45) is 5.92 Å². The van der Waals surface area contributed by atoms with Crippen molar-refractivity contribution in [1.82, 2.24) is 25.5 Å². The third-order valence-electron chi connectivity index (χ3n) is 5.97. The van der Waals surface area contributed by atoms with Gasteiger partial charge in [0.15, 0.2) is 0 Å². The molecule has 8 nitrogen and oxygen atoms in total. The number of aromatic nitrogens is 2. The summed E-state index contributed by atoms with van der Waals surface area (Å²) < 4.78 is 0. The van der Waals surface area contributed by atoms with Crippen LogP contribution in [0, 0.1) is 5.92 Å². The second-order valence-electron chi connectivity index (χ2n) is 9.11. The number of carbonyl (C=O) groups excluding carboxylic acids is 3. The van der Waals surface area contributed by atoms with E-state index in [1.54, 1.807) is 0 Å². The van der Waals surface area contributed by atoms with E-state index < -0.39 is 6.04 Å². The summed E-state index contributed by atoms with van der Waals surface area (Å²) in [5.74, 6) is 0.339. The highest BCUT2D eigenvalue weighted by Gasteiger charge is 2.29. The minimum absolute atomic E-state index is 0.0380. The number of nitrogens with one attached hydrogen (secondary N) is 3. The molecule has 0 saturated carbocycles. The number of imidazole rings is 1. The van der Waals surface area contributed by atoms with Gasteiger partial charge in [-0.1, -0.05) is 26.0 Å². The highest BCUT2D eigenvalue weighted by atomic mass is 16.2. The quantitative estimate of drug-likeness (QED) is 0.556. The zero-order valence-corrected chi connectivity index (χ0v) is 19.3. The zero-order valence-electron chi connectivity index (χ0n) is 19.3. The van der Waals surface area contributed by atoms with Crippen LogP contribution in [0.1, 0.15) is 65.1 Å². The maximum absolute atomic E-state index is 13.0. The fourth-order valence-electron chi connectivity index (χ4n) is 4.04. The van der Waals surface area contributed by atoms with Crippen molar-refractivity contribution >= 4 is 28.8 Å². The Hall–Kier alpha value is -2.90. The van der Waals surface area contributed by atoms with E-state index in [4.69, 9.17) is 0 Å². The van der Waals surface area contributed by atoms with Gasteiger partial charge in [0, 0.05) is 19.0 Å². The molecule has 1 aromatic heterocycles. The zero-order chi connectivity index (χ0) is 23.1. The Labute approximate surface area is 189 Å². The van der Waals surface area contributed by atoms with Gasteiger partial charge in [-0.15, -0.1) is 0 Å². The highest BCUT2D eigenvalue weighted by molar-refractivity contribution is 5.92. The lowest BCUT2D eigenvalue weighted by Crippen LogP contribution is -2.51. The normalized spacial score (nSPS) is 17.4. The van der Waals surface area contributed by atoms with Gasteiger partial charge >= 0.3 is 0 Å². The van der Waals surface area contributed by atoms with Gasteiger partial charge < -0.3 is 20.5 Å². The molecular formula is C24H35N5O3. The van der Waals surface area contributed by atoms with Crippen LogP contribution in [0.25, 0.3) is 11.0 Å². The number of nitrogens with zero attached hydrogens (tertiary/aromatic N) is 2. The molecule has 174 valence electrons. The Bertz CT molecular complexity index is 906. The van der Waals surface area contributed by atoms with E-state index in [1.807, 2.05) is 49.9 Å². The molecule has 3 amide bonds. The number of benzene rings is 1. The molecule has 3 N–H and O–H groups in total. The lowest BCUT2D eigenvalue weighted by atomic mass is 10.0. The van der Waals surface area contributed by atoms with E-state index >= 15 is 0 Å². The van der Waals surface area contributed by atoms with Gasteiger partial charge in [-0.2, -0.15) is 0 Å². The minimum atomic E-state index is -0.902. The summed E-state index contributed by atoms with van der Waals surface area (Å²) in [5, 5.41) is 5.62. The van der Waals surface area contributed by atoms with Gasteiger partial charge in [-0.25, -0.2) is 4.98 Å². The maximum Gasteiger partial charge on any atom is 0.243 e. The largest absolute Gasteiger partial charge is 0.347 e. The van der Waals surface area contributed by atoms with Crippen molar-refractivity contribution < 1.29 is 14.4 Å². The molecule has 1 saturated heterocycles. The summed E-state index contributed by atoms with van der Waals surface area (Å²) in [6.45, 7) is 7.03. The fraction of sp³-hybridized carbons (Fsp3) is 0.583. The molecule has 1 unspecified atom stereocenters. The lowest BCUT2D eigenvalue weighted by Gasteiger charge is -2.34. The molecule has 32 heavy (non-hydrogen) atoms. The molecule has 2 atom stereocenters. The summed E-state index contributed by atoms with van der Waals surface area (Å²) in [6.07, 6.45) is 4.08.